The van der Waals surface area contributed by atoms with Crippen molar-refractivity contribution in [3.8, 4) is 22.8 Å². The minimum absolute atomic E-state index is 0.184. The highest BCUT2D eigenvalue weighted by molar-refractivity contribution is 6.32. The monoisotopic (exact) mass is 617 g/mol. The topological polar surface area (TPSA) is 114 Å². The van der Waals surface area contributed by atoms with Crippen molar-refractivity contribution in [2.45, 2.75) is 65.2 Å². The Bertz CT molecular complexity index is 1610. The Morgan fingerprint density at radius 1 is 0.932 bits per heavy atom. The van der Waals surface area contributed by atoms with E-state index >= 15 is 0 Å². The summed E-state index contributed by atoms with van der Waals surface area (Å²) in [6.45, 7) is 12.6. The highest BCUT2D eigenvalue weighted by atomic mass is 35.5. The number of ether oxygens (including phenoxy) is 1. The number of carbonyl (C=O) groups excluding carboxylic acids is 2. The summed E-state index contributed by atoms with van der Waals surface area (Å²) in [5, 5.41) is 17.3. The summed E-state index contributed by atoms with van der Waals surface area (Å²) < 4.78 is 10.7. The molecule has 1 heterocycles. The lowest BCUT2D eigenvalue weighted by Crippen LogP contribution is -2.25. The highest BCUT2D eigenvalue weighted by Crippen LogP contribution is 2.40. The standard InChI is InChI=1S/C35H40ClN3O5/c1-34(2,3)25-17-23(18-26(30(25)40)35(4,5)6)32(41)39-24-13-10-21(11-14-24)9-8-16-37-33(42)29-31(44-20-38-29)22-12-15-28(43-7)27(36)19-22/h10-15,17-20,40H,8-9,16H2,1-7H3,(H,37,42)(H,39,41). The van der Waals surface area contributed by atoms with E-state index in [-0.39, 0.29) is 34.1 Å². The third-order valence-corrected chi connectivity index (χ3v) is 7.62. The van der Waals surface area contributed by atoms with Crippen LogP contribution in [0.4, 0.5) is 5.69 Å². The van der Waals surface area contributed by atoms with E-state index in [0.717, 1.165) is 23.1 Å². The van der Waals surface area contributed by atoms with Gasteiger partial charge in [-0.25, -0.2) is 4.98 Å². The Morgan fingerprint density at radius 3 is 2.14 bits per heavy atom. The number of hydrogen-bond acceptors (Lipinski definition) is 6. The van der Waals surface area contributed by atoms with Crippen molar-refractivity contribution in [1.29, 1.82) is 0 Å². The molecule has 0 saturated heterocycles. The molecule has 1 aromatic heterocycles. The van der Waals surface area contributed by atoms with E-state index in [2.05, 4.69) is 15.6 Å². The van der Waals surface area contributed by atoms with Crippen LogP contribution in [-0.4, -0.2) is 35.6 Å². The van der Waals surface area contributed by atoms with Gasteiger partial charge in [0.15, 0.2) is 17.8 Å². The number of benzene rings is 3. The molecule has 0 aliphatic carbocycles. The molecular weight excluding hydrogens is 578 g/mol. The smallest absolute Gasteiger partial charge is 0.273 e. The number of amides is 2. The number of aromatic nitrogens is 1. The molecule has 0 fully saturated rings. The van der Waals surface area contributed by atoms with Crippen molar-refractivity contribution in [2.24, 2.45) is 0 Å². The molecule has 44 heavy (non-hydrogen) atoms. The van der Waals surface area contributed by atoms with Crippen molar-refractivity contribution in [2.75, 3.05) is 19.0 Å². The number of methoxy groups -OCH3 is 1. The van der Waals surface area contributed by atoms with E-state index < -0.39 is 0 Å². The maximum absolute atomic E-state index is 13.2. The summed E-state index contributed by atoms with van der Waals surface area (Å²) in [5.41, 5.74) is 3.87. The van der Waals surface area contributed by atoms with E-state index in [9.17, 15) is 14.7 Å². The van der Waals surface area contributed by atoms with Gasteiger partial charge in [-0.05, 0) is 71.7 Å². The predicted molar refractivity (Wildman–Crippen MR) is 174 cm³/mol. The van der Waals surface area contributed by atoms with E-state index in [1.807, 2.05) is 65.8 Å². The van der Waals surface area contributed by atoms with Crippen LogP contribution in [0, 0.1) is 0 Å². The summed E-state index contributed by atoms with van der Waals surface area (Å²) in [4.78, 5) is 30.1. The number of carbonyl (C=O) groups is 2. The number of halogens is 1. The van der Waals surface area contributed by atoms with Crippen LogP contribution in [-0.2, 0) is 17.3 Å². The van der Waals surface area contributed by atoms with Gasteiger partial charge in [0.05, 0.1) is 12.1 Å². The van der Waals surface area contributed by atoms with Crippen LogP contribution < -0.4 is 15.4 Å². The van der Waals surface area contributed by atoms with Gasteiger partial charge in [-0.2, -0.15) is 0 Å². The molecule has 0 saturated carbocycles. The molecule has 4 aromatic rings. The van der Waals surface area contributed by atoms with E-state index in [4.69, 9.17) is 20.8 Å². The first kappa shape index (κ1) is 32.6. The summed E-state index contributed by atoms with van der Waals surface area (Å²) >= 11 is 6.23. The number of rotatable bonds is 9. The fraction of sp³-hybridized carbons (Fsp3) is 0.343. The molecule has 8 nitrogen and oxygen atoms in total. The second-order valence-electron chi connectivity index (χ2n) is 12.8. The number of nitrogens with zero attached hydrogens (tertiary/aromatic N) is 1. The summed E-state index contributed by atoms with van der Waals surface area (Å²) in [5.74, 6) is 0.530. The zero-order valence-corrected chi connectivity index (χ0v) is 27.1. The number of oxazole rings is 1. The molecule has 0 bridgehead atoms. The molecule has 3 aromatic carbocycles. The van der Waals surface area contributed by atoms with Crippen LogP contribution in [0.5, 0.6) is 11.5 Å². The maximum Gasteiger partial charge on any atom is 0.273 e. The molecule has 3 N–H and O–H groups in total. The third-order valence-electron chi connectivity index (χ3n) is 7.32. The fourth-order valence-electron chi connectivity index (χ4n) is 4.87. The lowest BCUT2D eigenvalue weighted by molar-refractivity contribution is 0.0948. The Hall–Kier alpha value is -4.30. The number of phenolic OH excluding ortho intramolecular Hbond substituents is 1. The van der Waals surface area contributed by atoms with Crippen LogP contribution in [0.2, 0.25) is 5.02 Å². The number of aromatic hydroxyl groups is 1. The molecule has 4 rings (SSSR count). The molecular formula is C35H40ClN3O5. The molecule has 0 radical (unpaired) electrons. The second kappa shape index (κ2) is 13.1. The zero-order chi connectivity index (χ0) is 32.2. The van der Waals surface area contributed by atoms with Gasteiger partial charge >= 0.3 is 0 Å². The Morgan fingerprint density at radius 2 is 1.57 bits per heavy atom. The molecule has 0 unspecified atom stereocenters. The number of anilines is 1. The van der Waals surface area contributed by atoms with Crippen molar-refractivity contribution >= 4 is 29.1 Å². The van der Waals surface area contributed by atoms with Crippen LogP contribution in [0.15, 0.2) is 65.4 Å². The Labute approximate surface area is 263 Å². The molecule has 0 aliphatic heterocycles. The Kier molecular flexibility index (Phi) is 9.74. The predicted octanol–water partition coefficient (Wildman–Crippen LogP) is 7.92. The van der Waals surface area contributed by atoms with Gasteiger partial charge in [0.1, 0.15) is 11.5 Å². The molecule has 0 spiro atoms. The van der Waals surface area contributed by atoms with Gasteiger partial charge in [0, 0.05) is 34.5 Å². The minimum atomic E-state index is -0.336. The van der Waals surface area contributed by atoms with Gasteiger partial charge in [-0.3, -0.25) is 9.59 Å². The summed E-state index contributed by atoms with van der Waals surface area (Å²) in [6.07, 6.45) is 2.67. The van der Waals surface area contributed by atoms with Crippen molar-refractivity contribution in [3.05, 3.63) is 94.0 Å². The largest absolute Gasteiger partial charge is 0.507 e. The number of phenols is 1. The quantitative estimate of drug-likeness (QED) is 0.164. The lowest BCUT2D eigenvalue weighted by Gasteiger charge is -2.28. The van der Waals surface area contributed by atoms with Gasteiger partial charge in [-0.1, -0.05) is 65.3 Å². The van der Waals surface area contributed by atoms with Crippen LogP contribution in [0.3, 0.4) is 0 Å². The first-order valence-electron chi connectivity index (χ1n) is 14.5. The van der Waals surface area contributed by atoms with Crippen LogP contribution in [0.1, 0.15) is 85.5 Å². The van der Waals surface area contributed by atoms with Crippen LogP contribution >= 0.6 is 11.6 Å². The second-order valence-corrected chi connectivity index (χ2v) is 13.2. The van der Waals surface area contributed by atoms with Crippen LogP contribution in [0.25, 0.3) is 11.3 Å². The SMILES string of the molecule is COc1ccc(-c2ocnc2C(=O)NCCCc2ccc(NC(=O)c3cc(C(C)(C)C)c(O)c(C(C)(C)C)c3)cc2)cc1Cl. The number of aryl methyl sites for hydroxylation is 1. The molecule has 2 amide bonds. The van der Waals surface area contributed by atoms with Crippen molar-refractivity contribution in [3.63, 3.8) is 0 Å². The number of hydrogen-bond donors (Lipinski definition) is 3. The van der Waals surface area contributed by atoms with Gasteiger partial charge < -0.3 is 24.9 Å². The first-order chi connectivity index (χ1) is 20.7. The summed E-state index contributed by atoms with van der Waals surface area (Å²) in [7, 11) is 1.53. The zero-order valence-electron chi connectivity index (χ0n) is 26.3. The minimum Gasteiger partial charge on any atom is -0.507 e. The average Bonchev–Trinajstić information content (AvgIpc) is 3.45. The normalized spacial score (nSPS) is 11.7. The van der Waals surface area contributed by atoms with E-state index in [1.54, 1.807) is 30.3 Å². The maximum atomic E-state index is 13.2. The third kappa shape index (κ3) is 7.61. The first-order valence-corrected chi connectivity index (χ1v) is 14.9. The van der Waals surface area contributed by atoms with E-state index in [0.29, 0.717) is 46.3 Å². The molecule has 0 aliphatic rings. The Balaban J connectivity index is 1.34. The van der Waals surface area contributed by atoms with E-state index in [1.165, 1.54) is 13.5 Å². The fourth-order valence-corrected chi connectivity index (χ4v) is 5.12. The van der Waals surface area contributed by atoms with Gasteiger partial charge in [-0.15, -0.1) is 0 Å². The molecule has 232 valence electrons. The summed E-state index contributed by atoms with van der Waals surface area (Å²) in [6, 6.07) is 16.3. The van der Waals surface area contributed by atoms with Gasteiger partial charge in [0.25, 0.3) is 11.8 Å². The molecule has 0 atom stereocenters. The highest BCUT2D eigenvalue weighted by Gasteiger charge is 2.28. The van der Waals surface area contributed by atoms with Gasteiger partial charge in [0.2, 0.25) is 0 Å². The lowest BCUT2D eigenvalue weighted by atomic mass is 9.78. The van der Waals surface area contributed by atoms with Crippen molar-refractivity contribution in [1.82, 2.24) is 10.3 Å². The van der Waals surface area contributed by atoms with Crippen molar-refractivity contribution < 1.29 is 23.8 Å². The number of nitrogens with one attached hydrogen (secondary N) is 2. The average molecular weight is 618 g/mol. The molecule has 9 heteroatoms.